The first-order valence-corrected chi connectivity index (χ1v) is 7.05. The minimum atomic E-state index is 0.115. The largest absolute Gasteiger partial charge is 0.350 e. The van der Waals surface area contributed by atoms with Gasteiger partial charge in [-0.3, -0.25) is 9.89 Å². The molecule has 1 aliphatic rings. The lowest BCUT2D eigenvalue weighted by Gasteiger charge is -2.03. The number of benzene rings is 1. The molecule has 1 heterocycles. The minimum Gasteiger partial charge on any atom is -0.350 e. The Bertz CT molecular complexity index is 565. The van der Waals surface area contributed by atoms with E-state index in [-0.39, 0.29) is 11.8 Å². The first kappa shape index (κ1) is 12.4. The summed E-state index contributed by atoms with van der Waals surface area (Å²) in [5.74, 6) is 0.612. The van der Waals surface area contributed by atoms with Crippen molar-refractivity contribution in [2.24, 2.45) is 5.92 Å². The lowest BCUT2D eigenvalue weighted by atomic mass is 10.1. The summed E-state index contributed by atoms with van der Waals surface area (Å²) in [5.41, 5.74) is 2.17. The number of H-pyrrole nitrogens is 1. The van der Waals surface area contributed by atoms with Gasteiger partial charge in [0.1, 0.15) is 0 Å². The van der Waals surface area contributed by atoms with E-state index in [0.717, 1.165) is 16.6 Å². The van der Waals surface area contributed by atoms with Crippen LogP contribution in [0.25, 0.3) is 0 Å². The van der Waals surface area contributed by atoms with Crippen molar-refractivity contribution in [3.8, 4) is 0 Å². The van der Waals surface area contributed by atoms with Gasteiger partial charge in [0.25, 0.3) is 0 Å². The van der Waals surface area contributed by atoms with Gasteiger partial charge in [-0.05, 0) is 36.1 Å². The molecule has 0 aliphatic heterocycles. The van der Waals surface area contributed by atoms with Gasteiger partial charge in [0.05, 0.1) is 12.2 Å². The summed E-state index contributed by atoms with van der Waals surface area (Å²) < 4.78 is 1.07. The van der Waals surface area contributed by atoms with Crippen LogP contribution in [0.4, 0.5) is 0 Å². The third-order valence-corrected chi connectivity index (χ3v) is 3.97. The molecule has 1 saturated carbocycles. The smallest absolute Gasteiger partial charge is 0.224 e. The second kappa shape index (κ2) is 5.17. The highest BCUT2D eigenvalue weighted by Crippen LogP contribution is 2.47. The number of carbonyl (C=O) groups excluding carboxylic acids is 1. The van der Waals surface area contributed by atoms with Gasteiger partial charge in [-0.1, -0.05) is 28.1 Å². The molecule has 0 unspecified atom stereocenters. The van der Waals surface area contributed by atoms with E-state index in [4.69, 9.17) is 0 Å². The summed E-state index contributed by atoms with van der Waals surface area (Å²) in [6.07, 6.45) is 2.62. The molecule has 0 bridgehead atoms. The first-order valence-electron chi connectivity index (χ1n) is 6.25. The van der Waals surface area contributed by atoms with E-state index in [0.29, 0.717) is 12.5 Å². The standard InChI is InChI=1S/C14H14BrN3O/c15-10-3-1-9(2-4-10)12-7-13(12)14(19)16-8-11-5-6-17-18-11/h1-6,12-13H,7-8H2,(H,16,19)(H,17,18)/t12-,13-/m0/s1. The molecular weight excluding hydrogens is 306 g/mol. The average Bonchev–Trinajstić information content (AvgIpc) is 3.05. The fourth-order valence-corrected chi connectivity index (χ4v) is 2.52. The molecule has 1 aromatic heterocycles. The number of hydrogen-bond donors (Lipinski definition) is 2. The molecule has 1 aliphatic carbocycles. The second-order valence-electron chi connectivity index (χ2n) is 4.80. The molecule has 0 radical (unpaired) electrons. The third kappa shape index (κ3) is 2.87. The van der Waals surface area contributed by atoms with E-state index < -0.39 is 0 Å². The Morgan fingerprint density at radius 1 is 1.37 bits per heavy atom. The zero-order chi connectivity index (χ0) is 13.2. The van der Waals surface area contributed by atoms with Crippen molar-refractivity contribution in [1.29, 1.82) is 0 Å². The van der Waals surface area contributed by atoms with E-state index in [1.165, 1.54) is 5.56 Å². The number of nitrogens with one attached hydrogen (secondary N) is 2. The number of aromatic amines is 1. The summed E-state index contributed by atoms with van der Waals surface area (Å²) >= 11 is 3.42. The fourth-order valence-electron chi connectivity index (χ4n) is 2.26. The monoisotopic (exact) mass is 319 g/mol. The molecule has 0 spiro atoms. The average molecular weight is 320 g/mol. The van der Waals surface area contributed by atoms with Gasteiger partial charge in [-0.25, -0.2) is 0 Å². The molecule has 1 amide bonds. The lowest BCUT2D eigenvalue weighted by Crippen LogP contribution is -2.25. The molecule has 98 valence electrons. The van der Waals surface area contributed by atoms with Crippen LogP contribution < -0.4 is 5.32 Å². The Hall–Kier alpha value is -1.62. The summed E-state index contributed by atoms with van der Waals surface area (Å²) in [5, 5.41) is 9.62. The molecular formula is C14H14BrN3O. The Kier molecular flexibility index (Phi) is 3.38. The molecule has 4 nitrogen and oxygen atoms in total. The number of nitrogens with zero attached hydrogens (tertiary/aromatic N) is 1. The number of amides is 1. The maximum Gasteiger partial charge on any atom is 0.224 e. The summed E-state index contributed by atoms with van der Waals surface area (Å²) in [6, 6.07) is 10.1. The first-order chi connectivity index (χ1) is 9.24. The second-order valence-corrected chi connectivity index (χ2v) is 5.72. The lowest BCUT2D eigenvalue weighted by molar-refractivity contribution is -0.122. The van der Waals surface area contributed by atoms with Crippen LogP contribution in [-0.4, -0.2) is 16.1 Å². The number of aromatic nitrogens is 2. The van der Waals surface area contributed by atoms with Crippen molar-refractivity contribution in [1.82, 2.24) is 15.5 Å². The fraction of sp³-hybridized carbons (Fsp3) is 0.286. The molecule has 2 N–H and O–H groups in total. The van der Waals surface area contributed by atoms with E-state index in [1.807, 2.05) is 18.2 Å². The third-order valence-electron chi connectivity index (χ3n) is 3.44. The maximum atomic E-state index is 12.0. The summed E-state index contributed by atoms with van der Waals surface area (Å²) in [6.45, 7) is 0.516. The molecule has 19 heavy (non-hydrogen) atoms. The Balaban J connectivity index is 1.54. The molecule has 3 rings (SSSR count). The van der Waals surface area contributed by atoms with Gasteiger partial charge in [-0.2, -0.15) is 5.10 Å². The van der Waals surface area contributed by atoms with Gasteiger partial charge >= 0.3 is 0 Å². The van der Waals surface area contributed by atoms with E-state index in [9.17, 15) is 4.79 Å². The molecule has 0 saturated heterocycles. The van der Waals surface area contributed by atoms with Crippen LogP contribution in [0.2, 0.25) is 0 Å². The van der Waals surface area contributed by atoms with Crippen molar-refractivity contribution in [3.05, 3.63) is 52.3 Å². The zero-order valence-electron chi connectivity index (χ0n) is 10.3. The van der Waals surface area contributed by atoms with Crippen LogP contribution in [0, 0.1) is 5.92 Å². The Labute approximate surface area is 119 Å². The van der Waals surface area contributed by atoms with Crippen LogP contribution in [0.3, 0.4) is 0 Å². The molecule has 2 atom stereocenters. The van der Waals surface area contributed by atoms with Crippen molar-refractivity contribution in [3.63, 3.8) is 0 Å². The van der Waals surface area contributed by atoms with Crippen molar-refractivity contribution < 1.29 is 4.79 Å². The van der Waals surface area contributed by atoms with Crippen LogP contribution >= 0.6 is 15.9 Å². The van der Waals surface area contributed by atoms with Crippen molar-refractivity contribution >= 4 is 21.8 Å². The quantitative estimate of drug-likeness (QED) is 0.910. The molecule has 1 fully saturated rings. The van der Waals surface area contributed by atoms with Crippen molar-refractivity contribution in [2.45, 2.75) is 18.9 Å². The van der Waals surface area contributed by atoms with E-state index in [1.54, 1.807) is 6.20 Å². The molecule has 1 aromatic carbocycles. The topological polar surface area (TPSA) is 57.8 Å². The normalized spacial score (nSPS) is 21.1. The summed E-state index contributed by atoms with van der Waals surface area (Å²) in [7, 11) is 0. The predicted molar refractivity (Wildman–Crippen MR) is 75.4 cm³/mol. The Morgan fingerprint density at radius 2 is 2.16 bits per heavy atom. The van der Waals surface area contributed by atoms with E-state index >= 15 is 0 Å². The Morgan fingerprint density at radius 3 is 2.84 bits per heavy atom. The highest BCUT2D eigenvalue weighted by molar-refractivity contribution is 9.10. The van der Waals surface area contributed by atoms with Gasteiger partial charge in [0.15, 0.2) is 0 Å². The number of carbonyl (C=O) groups is 1. The van der Waals surface area contributed by atoms with Gasteiger partial charge in [0.2, 0.25) is 5.91 Å². The minimum absolute atomic E-state index is 0.115. The summed E-state index contributed by atoms with van der Waals surface area (Å²) in [4.78, 5) is 12.0. The highest BCUT2D eigenvalue weighted by atomic mass is 79.9. The number of rotatable bonds is 4. The van der Waals surface area contributed by atoms with E-state index in [2.05, 4.69) is 43.6 Å². The highest BCUT2D eigenvalue weighted by Gasteiger charge is 2.43. The van der Waals surface area contributed by atoms with Crippen LogP contribution in [0.1, 0.15) is 23.6 Å². The zero-order valence-corrected chi connectivity index (χ0v) is 11.9. The number of hydrogen-bond acceptors (Lipinski definition) is 2. The molecule has 2 aromatic rings. The number of halogens is 1. The maximum absolute atomic E-state index is 12.0. The van der Waals surface area contributed by atoms with Crippen LogP contribution in [-0.2, 0) is 11.3 Å². The van der Waals surface area contributed by atoms with Gasteiger partial charge in [0, 0.05) is 16.6 Å². The van der Waals surface area contributed by atoms with Crippen LogP contribution in [0.15, 0.2) is 41.0 Å². The predicted octanol–water partition coefficient (Wildman–Crippen LogP) is 2.59. The van der Waals surface area contributed by atoms with Crippen molar-refractivity contribution in [2.75, 3.05) is 0 Å². The van der Waals surface area contributed by atoms with Gasteiger partial charge in [-0.15, -0.1) is 0 Å². The SMILES string of the molecule is O=C(NCc1ccn[nH]1)[C@H]1C[C@H]1c1ccc(Br)cc1. The van der Waals surface area contributed by atoms with Crippen LogP contribution in [0.5, 0.6) is 0 Å². The molecule has 5 heteroatoms. The van der Waals surface area contributed by atoms with Gasteiger partial charge < -0.3 is 5.32 Å².